The smallest absolute Gasteiger partial charge is 0.0431 e. The van der Waals surface area contributed by atoms with E-state index < -0.39 is 5.97 Å². The topological polar surface area (TPSA) is 43.4 Å². The van der Waals surface area contributed by atoms with E-state index in [4.69, 9.17) is 0 Å². The zero-order valence-electron chi connectivity index (χ0n) is 8.61. The van der Waals surface area contributed by atoms with Gasteiger partial charge in [-0.05, 0) is 24.5 Å². The Labute approximate surface area is 89.3 Å². The van der Waals surface area contributed by atoms with Crippen molar-refractivity contribution < 1.29 is 9.90 Å². The first-order chi connectivity index (χ1) is 7.27. The Morgan fingerprint density at radius 2 is 2.20 bits per heavy atom. The number of carboxylic acid groups (broad SMARTS) is 1. The summed E-state index contributed by atoms with van der Waals surface area (Å²) in [6.45, 7) is 1.50. The highest BCUT2D eigenvalue weighted by molar-refractivity contribution is 5.66. The number of para-hydroxylation sites is 1. The highest BCUT2D eigenvalue weighted by Gasteiger charge is 2.15. The van der Waals surface area contributed by atoms with Gasteiger partial charge in [-0.15, -0.1) is 0 Å². The molecule has 2 rings (SSSR count). The Bertz CT molecular complexity index is 362. The van der Waals surface area contributed by atoms with Gasteiger partial charge in [-0.3, -0.25) is 0 Å². The van der Waals surface area contributed by atoms with E-state index in [9.17, 15) is 9.90 Å². The van der Waals surface area contributed by atoms with Gasteiger partial charge in [0.15, 0.2) is 0 Å². The molecule has 80 valence electrons. The zero-order chi connectivity index (χ0) is 10.7. The fourth-order valence-electron chi connectivity index (χ4n) is 2.07. The summed E-state index contributed by atoms with van der Waals surface area (Å²) in [6.07, 6.45) is 2.30. The van der Waals surface area contributed by atoms with Gasteiger partial charge in [-0.1, -0.05) is 18.2 Å². The van der Waals surface area contributed by atoms with Gasteiger partial charge in [0.2, 0.25) is 0 Å². The molecule has 15 heavy (non-hydrogen) atoms. The lowest BCUT2D eigenvalue weighted by Crippen LogP contribution is -2.34. The molecule has 0 unspecified atom stereocenters. The summed E-state index contributed by atoms with van der Waals surface area (Å²) < 4.78 is 0. The average molecular weight is 204 g/mol. The number of anilines is 1. The maximum atomic E-state index is 10.4. The molecule has 1 aliphatic heterocycles. The van der Waals surface area contributed by atoms with Crippen molar-refractivity contribution in [2.45, 2.75) is 19.3 Å². The summed E-state index contributed by atoms with van der Waals surface area (Å²) in [5, 5.41) is 10.4. The van der Waals surface area contributed by atoms with Crippen LogP contribution in [0.2, 0.25) is 0 Å². The summed E-state index contributed by atoms with van der Waals surface area (Å²) in [6, 6.07) is 8.20. The number of carbonyl (C=O) groups is 1. The van der Waals surface area contributed by atoms with E-state index in [1.165, 1.54) is 11.3 Å². The zero-order valence-corrected chi connectivity index (χ0v) is 8.61. The minimum atomic E-state index is -0.974. The Morgan fingerprint density at radius 3 is 3.00 bits per heavy atom. The van der Waals surface area contributed by atoms with Crippen LogP contribution in [0.4, 0.5) is 5.69 Å². The van der Waals surface area contributed by atoms with Crippen LogP contribution in [0.1, 0.15) is 18.4 Å². The molecular formula is C12H14NO2-. The van der Waals surface area contributed by atoms with E-state index in [1.54, 1.807) is 0 Å². The monoisotopic (exact) mass is 204 g/mol. The molecule has 1 aromatic carbocycles. The highest BCUT2D eigenvalue weighted by Crippen LogP contribution is 2.26. The van der Waals surface area contributed by atoms with Crippen LogP contribution in [0, 0.1) is 0 Å². The highest BCUT2D eigenvalue weighted by atomic mass is 16.4. The van der Waals surface area contributed by atoms with Crippen LogP contribution in [0.5, 0.6) is 0 Å². The lowest BCUT2D eigenvalue weighted by Gasteiger charge is -2.31. The van der Waals surface area contributed by atoms with Gasteiger partial charge in [-0.25, -0.2) is 0 Å². The van der Waals surface area contributed by atoms with Crippen LogP contribution >= 0.6 is 0 Å². The number of carbonyl (C=O) groups excluding carboxylic acids is 1. The van der Waals surface area contributed by atoms with Crippen molar-refractivity contribution in [2.75, 3.05) is 18.0 Å². The first-order valence-corrected chi connectivity index (χ1v) is 5.30. The minimum absolute atomic E-state index is 0.105. The van der Waals surface area contributed by atoms with Gasteiger partial charge < -0.3 is 14.8 Å². The molecule has 0 radical (unpaired) electrons. The predicted molar refractivity (Wildman–Crippen MR) is 56.6 cm³/mol. The van der Waals surface area contributed by atoms with Crippen LogP contribution in [0.25, 0.3) is 0 Å². The number of benzene rings is 1. The third-order valence-electron chi connectivity index (χ3n) is 2.79. The molecule has 0 bridgehead atoms. The number of hydrogen-bond acceptors (Lipinski definition) is 3. The van der Waals surface area contributed by atoms with Crippen molar-refractivity contribution in [1.82, 2.24) is 0 Å². The molecule has 0 saturated heterocycles. The second-order valence-electron chi connectivity index (χ2n) is 3.84. The van der Waals surface area contributed by atoms with Gasteiger partial charge in [0.25, 0.3) is 0 Å². The number of aliphatic carboxylic acids is 1. The van der Waals surface area contributed by atoms with Crippen molar-refractivity contribution in [3.05, 3.63) is 29.8 Å². The number of carboxylic acids is 1. The quantitative estimate of drug-likeness (QED) is 0.723. The molecule has 3 nitrogen and oxygen atoms in total. The largest absolute Gasteiger partial charge is 0.550 e. The third-order valence-corrected chi connectivity index (χ3v) is 2.79. The van der Waals surface area contributed by atoms with E-state index in [1.807, 2.05) is 12.1 Å². The SMILES string of the molecule is O=C([O-])CCN1CCCc2ccccc21. The maximum absolute atomic E-state index is 10.4. The van der Waals surface area contributed by atoms with E-state index in [0.717, 1.165) is 19.4 Å². The number of fused-ring (bicyclic) bond motifs is 1. The molecule has 1 aromatic rings. The fraction of sp³-hybridized carbons (Fsp3) is 0.417. The normalized spacial score (nSPS) is 14.8. The molecule has 3 heteroatoms. The summed E-state index contributed by atoms with van der Waals surface area (Å²) in [4.78, 5) is 12.5. The van der Waals surface area contributed by atoms with Crippen LogP contribution in [-0.4, -0.2) is 19.1 Å². The molecule has 0 fully saturated rings. The molecule has 1 aliphatic rings. The standard InChI is InChI=1S/C12H15NO2/c14-12(15)7-9-13-8-3-5-10-4-1-2-6-11(10)13/h1-2,4,6H,3,5,7-9H2,(H,14,15)/p-1. The number of aryl methyl sites for hydroxylation is 1. The summed E-state index contributed by atoms with van der Waals surface area (Å²) in [5.41, 5.74) is 2.51. The Kier molecular flexibility index (Phi) is 2.90. The maximum Gasteiger partial charge on any atom is 0.0431 e. The molecule has 0 aliphatic carbocycles. The molecule has 0 amide bonds. The van der Waals surface area contributed by atoms with Crippen molar-refractivity contribution in [3.63, 3.8) is 0 Å². The van der Waals surface area contributed by atoms with Crippen LogP contribution in [-0.2, 0) is 11.2 Å². The van der Waals surface area contributed by atoms with Crippen LogP contribution in [0.15, 0.2) is 24.3 Å². The first-order valence-electron chi connectivity index (χ1n) is 5.30. The van der Waals surface area contributed by atoms with Crippen molar-refractivity contribution in [2.24, 2.45) is 0 Å². The summed E-state index contributed by atoms with van der Waals surface area (Å²) in [5.74, 6) is -0.974. The molecule has 0 atom stereocenters. The van der Waals surface area contributed by atoms with Gasteiger partial charge >= 0.3 is 0 Å². The van der Waals surface area contributed by atoms with Crippen LogP contribution < -0.4 is 10.0 Å². The van der Waals surface area contributed by atoms with E-state index in [2.05, 4.69) is 17.0 Å². The first kappa shape index (κ1) is 10.0. The average Bonchev–Trinajstić information content (AvgIpc) is 2.26. The summed E-state index contributed by atoms with van der Waals surface area (Å²) >= 11 is 0. The molecular weight excluding hydrogens is 190 g/mol. The van der Waals surface area contributed by atoms with Gasteiger partial charge in [0.05, 0.1) is 0 Å². The Morgan fingerprint density at radius 1 is 1.40 bits per heavy atom. The molecule has 0 spiro atoms. The molecule has 0 N–H and O–H groups in total. The van der Waals surface area contributed by atoms with Gasteiger partial charge in [-0.2, -0.15) is 0 Å². The Balaban J connectivity index is 2.11. The molecule has 1 heterocycles. The number of nitrogens with zero attached hydrogens (tertiary/aromatic N) is 1. The number of rotatable bonds is 3. The van der Waals surface area contributed by atoms with Crippen molar-refractivity contribution in [1.29, 1.82) is 0 Å². The van der Waals surface area contributed by atoms with Crippen molar-refractivity contribution >= 4 is 11.7 Å². The van der Waals surface area contributed by atoms with Crippen molar-refractivity contribution in [3.8, 4) is 0 Å². The van der Waals surface area contributed by atoms with E-state index in [0.29, 0.717) is 6.54 Å². The fourth-order valence-corrected chi connectivity index (χ4v) is 2.07. The third kappa shape index (κ3) is 2.29. The lowest BCUT2D eigenvalue weighted by molar-refractivity contribution is -0.305. The summed E-state index contributed by atoms with van der Waals surface area (Å²) in [7, 11) is 0. The second-order valence-corrected chi connectivity index (χ2v) is 3.84. The number of hydrogen-bond donors (Lipinski definition) is 0. The molecule has 0 aromatic heterocycles. The molecule has 0 saturated carbocycles. The predicted octanol–water partition coefficient (Wildman–Crippen LogP) is 0.579. The Hall–Kier alpha value is -1.51. The van der Waals surface area contributed by atoms with E-state index in [-0.39, 0.29) is 6.42 Å². The minimum Gasteiger partial charge on any atom is -0.550 e. The van der Waals surface area contributed by atoms with Gasteiger partial charge in [0, 0.05) is 31.2 Å². The second kappa shape index (κ2) is 4.34. The van der Waals surface area contributed by atoms with Gasteiger partial charge in [0.1, 0.15) is 0 Å². The lowest BCUT2D eigenvalue weighted by atomic mass is 10.0. The van der Waals surface area contributed by atoms with E-state index >= 15 is 0 Å². The van der Waals surface area contributed by atoms with Crippen LogP contribution in [0.3, 0.4) is 0 Å².